The van der Waals surface area contributed by atoms with Gasteiger partial charge in [-0.05, 0) is 57.1 Å². The number of methoxy groups -OCH3 is 1. The molecule has 1 aromatic carbocycles. The normalized spacial score (nSPS) is 22.1. The summed E-state index contributed by atoms with van der Waals surface area (Å²) in [6.07, 6.45) is 1.31. The summed E-state index contributed by atoms with van der Waals surface area (Å²) in [5.74, 6) is 1.73. The van der Waals surface area contributed by atoms with E-state index < -0.39 is 0 Å². The summed E-state index contributed by atoms with van der Waals surface area (Å²) in [7, 11) is 3.91. The van der Waals surface area contributed by atoms with E-state index in [0.29, 0.717) is 6.04 Å². The van der Waals surface area contributed by atoms with E-state index in [1.54, 1.807) is 7.11 Å². The van der Waals surface area contributed by atoms with Crippen molar-refractivity contribution in [3.63, 3.8) is 0 Å². The fourth-order valence-electron chi connectivity index (χ4n) is 2.57. The molecule has 2 unspecified atom stereocenters. The van der Waals surface area contributed by atoms with Crippen molar-refractivity contribution in [1.29, 1.82) is 0 Å². The van der Waals surface area contributed by atoms with Gasteiger partial charge in [0.05, 0.1) is 7.11 Å². The quantitative estimate of drug-likeness (QED) is 0.865. The van der Waals surface area contributed by atoms with Crippen molar-refractivity contribution in [1.82, 2.24) is 10.2 Å². The molecule has 0 radical (unpaired) electrons. The fraction of sp³-hybridized carbons (Fsp3) is 0.600. The van der Waals surface area contributed by atoms with Gasteiger partial charge >= 0.3 is 0 Å². The van der Waals surface area contributed by atoms with Gasteiger partial charge < -0.3 is 15.0 Å². The zero-order valence-electron chi connectivity index (χ0n) is 11.6. The molecule has 2 rings (SSSR count). The van der Waals surface area contributed by atoms with E-state index in [-0.39, 0.29) is 0 Å². The lowest BCUT2D eigenvalue weighted by Crippen LogP contribution is -2.27. The average molecular weight is 248 g/mol. The minimum absolute atomic E-state index is 0.381. The third-order valence-electron chi connectivity index (χ3n) is 3.80. The third kappa shape index (κ3) is 3.47. The van der Waals surface area contributed by atoms with Crippen LogP contribution >= 0.6 is 0 Å². The number of likely N-dealkylation sites (tertiary alicyclic amines) is 1. The number of rotatable bonds is 5. The van der Waals surface area contributed by atoms with Gasteiger partial charge in [0.25, 0.3) is 0 Å². The van der Waals surface area contributed by atoms with Gasteiger partial charge in [0.15, 0.2) is 0 Å². The summed E-state index contributed by atoms with van der Waals surface area (Å²) in [5.41, 5.74) is 1.29. The first-order valence-corrected chi connectivity index (χ1v) is 6.75. The topological polar surface area (TPSA) is 24.5 Å². The van der Waals surface area contributed by atoms with Gasteiger partial charge in [0, 0.05) is 12.6 Å². The minimum Gasteiger partial charge on any atom is -0.497 e. The van der Waals surface area contributed by atoms with Crippen LogP contribution < -0.4 is 10.1 Å². The van der Waals surface area contributed by atoms with Crippen molar-refractivity contribution in [3.05, 3.63) is 29.8 Å². The van der Waals surface area contributed by atoms with Crippen LogP contribution in [0.5, 0.6) is 5.75 Å². The summed E-state index contributed by atoms with van der Waals surface area (Å²) >= 11 is 0. The molecule has 18 heavy (non-hydrogen) atoms. The first-order valence-electron chi connectivity index (χ1n) is 6.75. The maximum absolute atomic E-state index is 5.26. The molecule has 1 fully saturated rings. The Bertz CT molecular complexity index is 381. The highest BCUT2D eigenvalue weighted by molar-refractivity contribution is 5.30. The predicted octanol–water partition coefficient (Wildman–Crippen LogP) is 2.30. The number of nitrogens with one attached hydrogen (secondary N) is 1. The summed E-state index contributed by atoms with van der Waals surface area (Å²) < 4.78 is 5.26. The van der Waals surface area contributed by atoms with Crippen molar-refractivity contribution in [2.24, 2.45) is 5.92 Å². The van der Waals surface area contributed by atoms with Gasteiger partial charge in [-0.1, -0.05) is 12.1 Å². The van der Waals surface area contributed by atoms with Crippen LogP contribution in [-0.2, 0) is 0 Å². The van der Waals surface area contributed by atoms with Crippen LogP contribution in [0.4, 0.5) is 0 Å². The number of benzene rings is 1. The van der Waals surface area contributed by atoms with Gasteiger partial charge in [0.2, 0.25) is 0 Å². The molecule has 0 bridgehead atoms. The second kappa shape index (κ2) is 6.21. The van der Waals surface area contributed by atoms with E-state index in [9.17, 15) is 0 Å². The Morgan fingerprint density at radius 2 is 2.33 bits per heavy atom. The lowest BCUT2D eigenvalue weighted by atomic mass is 10.1. The smallest absolute Gasteiger partial charge is 0.119 e. The van der Waals surface area contributed by atoms with Crippen LogP contribution in [0.25, 0.3) is 0 Å². The van der Waals surface area contributed by atoms with E-state index in [2.05, 4.69) is 42.4 Å². The van der Waals surface area contributed by atoms with Gasteiger partial charge in [-0.2, -0.15) is 0 Å². The average Bonchev–Trinajstić information content (AvgIpc) is 2.82. The van der Waals surface area contributed by atoms with E-state index in [1.807, 2.05) is 6.07 Å². The Morgan fingerprint density at radius 1 is 1.50 bits per heavy atom. The molecule has 0 spiro atoms. The van der Waals surface area contributed by atoms with Crippen molar-refractivity contribution >= 4 is 0 Å². The Morgan fingerprint density at radius 3 is 3.00 bits per heavy atom. The first-order chi connectivity index (χ1) is 8.69. The molecule has 3 heteroatoms. The van der Waals surface area contributed by atoms with Gasteiger partial charge in [-0.25, -0.2) is 0 Å². The third-order valence-corrected chi connectivity index (χ3v) is 3.80. The van der Waals surface area contributed by atoms with Crippen molar-refractivity contribution in [2.45, 2.75) is 19.4 Å². The summed E-state index contributed by atoms with van der Waals surface area (Å²) in [4.78, 5) is 2.41. The highest BCUT2D eigenvalue weighted by atomic mass is 16.5. The molecule has 0 aliphatic carbocycles. The Balaban J connectivity index is 1.85. The Hall–Kier alpha value is -1.06. The van der Waals surface area contributed by atoms with Crippen molar-refractivity contribution in [2.75, 3.05) is 33.8 Å². The molecule has 0 aromatic heterocycles. The van der Waals surface area contributed by atoms with Crippen molar-refractivity contribution < 1.29 is 4.74 Å². The summed E-state index contributed by atoms with van der Waals surface area (Å²) in [6.45, 7) is 5.77. The predicted molar refractivity (Wildman–Crippen MR) is 75.0 cm³/mol. The van der Waals surface area contributed by atoms with E-state index in [0.717, 1.165) is 18.2 Å². The molecule has 2 atom stereocenters. The first kappa shape index (κ1) is 13.4. The summed E-state index contributed by atoms with van der Waals surface area (Å²) in [5, 5.41) is 3.63. The van der Waals surface area contributed by atoms with Crippen LogP contribution in [0.1, 0.15) is 24.9 Å². The van der Waals surface area contributed by atoms with E-state index in [4.69, 9.17) is 4.74 Å². The largest absolute Gasteiger partial charge is 0.497 e. The van der Waals surface area contributed by atoms with Gasteiger partial charge in [-0.3, -0.25) is 0 Å². The number of ether oxygens (including phenoxy) is 1. The Kier molecular flexibility index (Phi) is 4.61. The number of hydrogen-bond acceptors (Lipinski definition) is 3. The van der Waals surface area contributed by atoms with Crippen LogP contribution in [0, 0.1) is 5.92 Å². The van der Waals surface area contributed by atoms with Crippen LogP contribution in [0.15, 0.2) is 24.3 Å². The molecule has 1 saturated heterocycles. The fourth-order valence-corrected chi connectivity index (χ4v) is 2.57. The lowest BCUT2D eigenvalue weighted by Gasteiger charge is -2.18. The SMILES string of the molecule is COc1cccc(C(C)NCC2CCN(C)C2)c1. The molecular formula is C15H24N2O. The highest BCUT2D eigenvalue weighted by Crippen LogP contribution is 2.20. The number of hydrogen-bond donors (Lipinski definition) is 1. The molecule has 0 saturated carbocycles. The molecule has 1 aliphatic heterocycles. The molecule has 1 heterocycles. The van der Waals surface area contributed by atoms with Crippen LogP contribution in [-0.4, -0.2) is 38.7 Å². The standard InChI is InChI=1S/C15H24N2O/c1-12(14-5-4-6-15(9-14)18-3)16-10-13-7-8-17(2)11-13/h4-6,9,12-13,16H,7-8,10-11H2,1-3H3. The number of nitrogens with zero attached hydrogens (tertiary/aromatic N) is 1. The molecule has 1 aromatic rings. The van der Waals surface area contributed by atoms with Crippen molar-refractivity contribution in [3.8, 4) is 5.75 Å². The monoisotopic (exact) mass is 248 g/mol. The van der Waals surface area contributed by atoms with Gasteiger partial charge in [-0.15, -0.1) is 0 Å². The minimum atomic E-state index is 0.381. The van der Waals surface area contributed by atoms with E-state index in [1.165, 1.54) is 25.1 Å². The van der Waals surface area contributed by atoms with Crippen LogP contribution in [0.3, 0.4) is 0 Å². The molecule has 100 valence electrons. The second-order valence-electron chi connectivity index (χ2n) is 5.32. The maximum atomic E-state index is 5.26. The maximum Gasteiger partial charge on any atom is 0.119 e. The zero-order chi connectivity index (χ0) is 13.0. The second-order valence-corrected chi connectivity index (χ2v) is 5.32. The molecular weight excluding hydrogens is 224 g/mol. The van der Waals surface area contributed by atoms with Crippen LogP contribution in [0.2, 0.25) is 0 Å². The highest BCUT2D eigenvalue weighted by Gasteiger charge is 2.19. The molecule has 3 nitrogen and oxygen atoms in total. The summed E-state index contributed by atoms with van der Waals surface area (Å²) in [6, 6.07) is 8.68. The molecule has 0 amide bonds. The van der Waals surface area contributed by atoms with Gasteiger partial charge in [0.1, 0.15) is 5.75 Å². The zero-order valence-corrected chi connectivity index (χ0v) is 11.6. The molecule has 1 aliphatic rings. The Labute approximate surface area is 110 Å². The lowest BCUT2D eigenvalue weighted by molar-refractivity contribution is 0.381. The van der Waals surface area contributed by atoms with E-state index >= 15 is 0 Å². The molecule has 1 N–H and O–H groups in total.